The van der Waals surface area contributed by atoms with Crippen LogP contribution in [0.4, 0.5) is 5.69 Å². The van der Waals surface area contributed by atoms with E-state index in [-0.39, 0.29) is 29.5 Å². The third kappa shape index (κ3) is 6.34. The van der Waals surface area contributed by atoms with E-state index in [0.717, 1.165) is 24.8 Å². The molecule has 0 bridgehead atoms. The number of carbonyl (C=O) groups is 1. The topological polar surface area (TPSA) is 122 Å². The lowest BCUT2D eigenvalue weighted by Gasteiger charge is -2.35. The molecule has 2 heterocycles. The molecule has 0 radical (unpaired) electrons. The normalized spacial score (nSPS) is 17.8. The second kappa shape index (κ2) is 12.1. The van der Waals surface area contributed by atoms with E-state index in [2.05, 4.69) is 5.32 Å². The molecule has 1 saturated heterocycles. The third-order valence-electron chi connectivity index (χ3n) is 7.05. The number of amides is 1. The molecule has 2 aliphatic rings. The van der Waals surface area contributed by atoms with E-state index in [0.29, 0.717) is 30.3 Å². The molecule has 3 aromatic rings. The van der Waals surface area contributed by atoms with Crippen molar-refractivity contribution in [3.63, 3.8) is 0 Å². The molecule has 12 heteroatoms. The first-order chi connectivity index (χ1) is 19.7. The summed E-state index contributed by atoms with van der Waals surface area (Å²) >= 11 is 0. The van der Waals surface area contributed by atoms with E-state index in [9.17, 15) is 21.6 Å². The molecule has 0 aromatic heterocycles. The molecule has 5 rings (SSSR count). The molecule has 0 aliphatic carbocycles. The van der Waals surface area contributed by atoms with E-state index in [1.165, 1.54) is 32.9 Å². The summed E-state index contributed by atoms with van der Waals surface area (Å²) in [4.78, 5) is 13.4. The first-order valence-corrected chi connectivity index (χ1v) is 16.4. The van der Waals surface area contributed by atoms with E-state index in [1.54, 1.807) is 48.5 Å². The van der Waals surface area contributed by atoms with Crippen molar-refractivity contribution in [1.29, 1.82) is 0 Å². The zero-order valence-corrected chi connectivity index (χ0v) is 24.4. The van der Waals surface area contributed by atoms with Crippen LogP contribution in [-0.2, 0) is 24.8 Å². The molecule has 41 heavy (non-hydrogen) atoms. The zero-order chi connectivity index (χ0) is 29.0. The number of benzene rings is 3. The summed E-state index contributed by atoms with van der Waals surface area (Å²) < 4.78 is 67.0. The summed E-state index contributed by atoms with van der Waals surface area (Å²) in [6, 6.07) is 19.5. The van der Waals surface area contributed by atoms with Crippen LogP contribution in [0, 0.1) is 6.92 Å². The number of anilines is 1. The van der Waals surface area contributed by atoms with Crippen LogP contribution >= 0.6 is 0 Å². The first-order valence-electron chi connectivity index (χ1n) is 13.5. The van der Waals surface area contributed by atoms with Crippen molar-refractivity contribution < 1.29 is 31.1 Å². The average Bonchev–Trinajstić information content (AvgIpc) is 2.99. The predicted molar refractivity (Wildman–Crippen MR) is 154 cm³/mol. The summed E-state index contributed by atoms with van der Waals surface area (Å²) in [6.45, 7) is 3.00. The van der Waals surface area contributed by atoms with Gasteiger partial charge in [-0.05, 0) is 73.9 Å². The standard InChI is InChI=1S/C29H33N3O7S2/c1-22-10-15-27-26(20-22)32(41(36,37)24-8-4-2-5-9-24)21-28(39-27)29(33)30-16-19-38-23-11-13-25(14-12-23)40(34,35)31-17-6-3-7-18-31/h2,4-5,8-15,20,28H,3,6-7,16-19,21H2,1H3,(H,30,33)/t28-/m0/s1. The van der Waals surface area contributed by atoms with E-state index in [4.69, 9.17) is 9.47 Å². The van der Waals surface area contributed by atoms with Gasteiger partial charge in [0.15, 0.2) is 6.10 Å². The summed E-state index contributed by atoms with van der Waals surface area (Å²) in [5, 5.41) is 2.74. The minimum Gasteiger partial charge on any atom is -0.492 e. The lowest BCUT2D eigenvalue weighted by atomic mass is 10.1. The van der Waals surface area contributed by atoms with E-state index >= 15 is 0 Å². The van der Waals surface area contributed by atoms with Gasteiger partial charge >= 0.3 is 0 Å². The van der Waals surface area contributed by atoms with Gasteiger partial charge in [-0.3, -0.25) is 9.10 Å². The summed E-state index contributed by atoms with van der Waals surface area (Å²) in [7, 11) is -7.46. The molecule has 218 valence electrons. The van der Waals surface area contributed by atoms with Gasteiger partial charge in [0.1, 0.15) is 18.1 Å². The van der Waals surface area contributed by atoms with Crippen LogP contribution in [0.15, 0.2) is 82.6 Å². The van der Waals surface area contributed by atoms with Crippen molar-refractivity contribution in [2.45, 2.75) is 42.1 Å². The van der Waals surface area contributed by atoms with Gasteiger partial charge in [0.05, 0.1) is 28.6 Å². The number of hydrogen-bond donors (Lipinski definition) is 1. The summed E-state index contributed by atoms with van der Waals surface area (Å²) in [5.74, 6) is 0.295. The molecular weight excluding hydrogens is 566 g/mol. The molecule has 0 unspecified atom stereocenters. The number of ether oxygens (including phenoxy) is 2. The minimum absolute atomic E-state index is 0.122. The number of sulfonamides is 2. The maximum Gasteiger partial charge on any atom is 0.264 e. The Hall–Kier alpha value is -3.61. The molecule has 3 aromatic carbocycles. The Morgan fingerprint density at radius 2 is 1.59 bits per heavy atom. The average molecular weight is 600 g/mol. The summed E-state index contributed by atoms with van der Waals surface area (Å²) in [6.07, 6.45) is 1.71. The number of rotatable bonds is 9. The number of nitrogens with one attached hydrogen (secondary N) is 1. The molecular formula is C29H33N3O7S2. The molecule has 1 amide bonds. The van der Waals surface area contributed by atoms with Gasteiger partial charge in [0.25, 0.3) is 15.9 Å². The second-order valence-corrected chi connectivity index (χ2v) is 13.8. The van der Waals surface area contributed by atoms with Gasteiger partial charge in [-0.1, -0.05) is 30.7 Å². The second-order valence-electron chi connectivity index (χ2n) is 10.0. The van der Waals surface area contributed by atoms with E-state index < -0.39 is 32.1 Å². The highest BCUT2D eigenvalue weighted by Crippen LogP contribution is 2.37. The fourth-order valence-corrected chi connectivity index (χ4v) is 7.87. The van der Waals surface area contributed by atoms with Crippen LogP contribution in [0.25, 0.3) is 0 Å². The molecule has 0 saturated carbocycles. The SMILES string of the molecule is Cc1ccc2c(c1)N(S(=O)(=O)c1ccccc1)C[C@@H](C(=O)NCCOc1ccc(S(=O)(=O)N3CCCCC3)cc1)O2. The quantitative estimate of drug-likeness (QED) is 0.375. The molecule has 1 atom stereocenters. The number of carbonyl (C=O) groups excluding carboxylic acids is 1. The van der Waals surface area contributed by atoms with E-state index in [1.807, 2.05) is 6.92 Å². The Bertz CT molecular complexity index is 1590. The van der Waals surface area contributed by atoms with Crippen LogP contribution in [-0.4, -0.2) is 65.9 Å². The highest BCUT2D eigenvalue weighted by atomic mass is 32.2. The Morgan fingerprint density at radius 1 is 0.902 bits per heavy atom. The van der Waals surface area contributed by atoms with Gasteiger partial charge in [-0.25, -0.2) is 16.8 Å². The highest BCUT2D eigenvalue weighted by Gasteiger charge is 2.37. The van der Waals surface area contributed by atoms with Crippen molar-refractivity contribution in [2.75, 3.05) is 37.1 Å². The van der Waals surface area contributed by atoms with Gasteiger partial charge in [-0.15, -0.1) is 0 Å². The van der Waals surface area contributed by atoms with Crippen molar-refractivity contribution >= 4 is 31.6 Å². The number of piperidine rings is 1. The van der Waals surface area contributed by atoms with Gasteiger partial charge < -0.3 is 14.8 Å². The smallest absolute Gasteiger partial charge is 0.264 e. The van der Waals surface area contributed by atoms with Crippen molar-refractivity contribution in [3.8, 4) is 11.5 Å². The lowest BCUT2D eigenvalue weighted by molar-refractivity contribution is -0.127. The number of fused-ring (bicyclic) bond motifs is 1. The number of nitrogens with zero attached hydrogens (tertiary/aromatic N) is 2. The maximum absolute atomic E-state index is 13.5. The van der Waals surface area contributed by atoms with Crippen LogP contribution < -0.4 is 19.1 Å². The fraction of sp³-hybridized carbons (Fsp3) is 0.345. The predicted octanol–water partition coefficient (Wildman–Crippen LogP) is 3.32. The van der Waals surface area contributed by atoms with Gasteiger partial charge in [-0.2, -0.15) is 4.31 Å². The third-order valence-corrected chi connectivity index (χ3v) is 10.8. The number of aryl methyl sites for hydroxylation is 1. The van der Waals surface area contributed by atoms with Crippen LogP contribution in [0.1, 0.15) is 24.8 Å². The monoisotopic (exact) mass is 599 g/mol. The van der Waals surface area contributed by atoms with Crippen LogP contribution in [0.3, 0.4) is 0 Å². The Kier molecular flexibility index (Phi) is 8.52. The van der Waals surface area contributed by atoms with Crippen molar-refractivity contribution in [1.82, 2.24) is 9.62 Å². The van der Waals surface area contributed by atoms with Crippen LogP contribution in [0.2, 0.25) is 0 Å². The Morgan fingerprint density at radius 3 is 2.29 bits per heavy atom. The van der Waals surface area contributed by atoms with Crippen molar-refractivity contribution in [2.24, 2.45) is 0 Å². The van der Waals surface area contributed by atoms with Gasteiger partial charge in [0.2, 0.25) is 10.0 Å². The van der Waals surface area contributed by atoms with Crippen molar-refractivity contribution in [3.05, 3.63) is 78.4 Å². The summed E-state index contributed by atoms with van der Waals surface area (Å²) in [5.41, 5.74) is 1.24. The highest BCUT2D eigenvalue weighted by molar-refractivity contribution is 7.92. The Balaban J connectivity index is 1.19. The fourth-order valence-electron chi connectivity index (χ4n) is 4.86. The molecule has 1 N–H and O–H groups in total. The maximum atomic E-state index is 13.5. The molecule has 2 aliphatic heterocycles. The molecule has 1 fully saturated rings. The minimum atomic E-state index is -3.94. The molecule has 10 nitrogen and oxygen atoms in total. The first kappa shape index (κ1) is 28.9. The van der Waals surface area contributed by atoms with Gasteiger partial charge in [0, 0.05) is 13.1 Å². The zero-order valence-electron chi connectivity index (χ0n) is 22.7. The largest absolute Gasteiger partial charge is 0.492 e. The lowest BCUT2D eigenvalue weighted by Crippen LogP contribution is -2.51. The number of hydrogen-bond acceptors (Lipinski definition) is 7. The Labute approximate surface area is 241 Å². The molecule has 0 spiro atoms. The van der Waals surface area contributed by atoms with Crippen LogP contribution in [0.5, 0.6) is 11.5 Å².